The van der Waals surface area contributed by atoms with Crippen LogP contribution in [-0.2, 0) is 9.53 Å². The molecule has 11 nitrogen and oxygen atoms in total. The number of carbonyl (C=O) groups is 3. The number of thiophene rings is 1. The number of aromatic nitrogens is 2. The van der Waals surface area contributed by atoms with Crippen molar-refractivity contribution < 1.29 is 33.1 Å². The summed E-state index contributed by atoms with van der Waals surface area (Å²) in [5.74, 6) is -0.936. The molecular formula is C27H27N4O7S2+. The van der Waals surface area contributed by atoms with Gasteiger partial charge in [0.2, 0.25) is 11.6 Å². The lowest BCUT2D eigenvalue weighted by molar-refractivity contribution is -0.704. The maximum absolute atomic E-state index is 13.4. The first-order valence-corrected chi connectivity index (χ1v) is 13.8. The molecule has 2 aromatic heterocycles. The summed E-state index contributed by atoms with van der Waals surface area (Å²) >= 11 is 1.98. The standard InChI is InChI=1S/C27H26N4O7S2/c1-5-19(39-25-27(35)38-30-31(25)17-11-13-18(36-3)14-12-17)22(32)29-24-20(26(34)37-4)15(2)21(40-24)23(33)28-16-9-7-6-8-10-16/h6-14,19H,5H2,1-4H3,(H2-,28,29,30,32,33,34,35)/p+1. The van der Waals surface area contributed by atoms with Crippen molar-refractivity contribution in [1.29, 1.82) is 0 Å². The van der Waals surface area contributed by atoms with E-state index in [2.05, 4.69) is 15.9 Å². The molecule has 0 aliphatic heterocycles. The Kier molecular flexibility index (Phi) is 9.07. The molecular weight excluding hydrogens is 556 g/mol. The summed E-state index contributed by atoms with van der Waals surface area (Å²) < 4.78 is 16.5. The Morgan fingerprint density at radius 3 is 2.40 bits per heavy atom. The van der Waals surface area contributed by atoms with E-state index in [1.165, 1.54) is 11.8 Å². The number of H-pyrrole nitrogens is 1. The van der Waals surface area contributed by atoms with E-state index < -0.39 is 28.7 Å². The van der Waals surface area contributed by atoms with Crippen molar-refractivity contribution in [3.05, 3.63) is 81.0 Å². The lowest BCUT2D eigenvalue weighted by atomic mass is 10.1. The lowest BCUT2D eigenvalue weighted by Gasteiger charge is -2.12. The number of anilines is 2. The van der Waals surface area contributed by atoms with Crippen LogP contribution in [0.25, 0.3) is 5.69 Å². The molecule has 13 heteroatoms. The number of methoxy groups -OCH3 is 2. The molecule has 1 unspecified atom stereocenters. The van der Waals surface area contributed by atoms with Crippen LogP contribution in [0.1, 0.15) is 38.9 Å². The summed E-state index contributed by atoms with van der Waals surface area (Å²) in [6, 6.07) is 15.8. The number of para-hydroxylation sites is 1. The zero-order chi connectivity index (χ0) is 28.8. The lowest BCUT2D eigenvalue weighted by Crippen LogP contribution is -2.37. The summed E-state index contributed by atoms with van der Waals surface area (Å²) in [5.41, 5.74) is 1.01. The fraction of sp³-hybridized carbons (Fsp3) is 0.222. The number of rotatable bonds is 10. The Bertz CT molecular complexity index is 1580. The summed E-state index contributed by atoms with van der Waals surface area (Å²) in [4.78, 5) is 51.9. The van der Waals surface area contributed by atoms with Crippen LogP contribution < -0.4 is 25.7 Å². The molecule has 4 rings (SSSR count). The topological polar surface area (TPSA) is 144 Å². The SMILES string of the molecule is CCC(Sc1c(=O)o[nH][n+]1-c1ccc(OC)cc1)C(=O)Nc1sc(C(=O)Nc2ccccc2)c(C)c1C(=O)OC. The molecule has 3 N–H and O–H groups in total. The average molecular weight is 584 g/mol. The van der Waals surface area contributed by atoms with Crippen molar-refractivity contribution in [3.63, 3.8) is 0 Å². The summed E-state index contributed by atoms with van der Waals surface area (Å²) in [6.07, 6.45) is 0.350. The van der Waals surface area contributed by atoms with Crippen LogP contribution in [-0.4, -0.2) is 42.5 Å². The summed E-state index contributed by atoms with van der Waals surface area (Å²) in [7, 11) is 2.77. The van der Waals surface area contributed by atoms with Gasteiger partial charge in [0.15, 0.2) is 0 Å². The Hall–Kier alpha value is -4.36. The summed E-state index contributed by atoms with van der Waals surface area (Å²) in [5, 5.41) is 7.71. The number of nitrogens with one attached hydrogen (secondary N) is 3. The minimum atomic E-state index is -0.738. The van der Waals surface area contributed by atoms with Crippen molar-refractivity contribution in [2.75, 3.05) is 24.9 Å². The van der Waals surface area contributed by atoms with E-state index in [1.54, 1.807) is 69.5 Å². The van der Waals surface area contributed by atoms with E-state index in [-0.39, 0.29) is 20.5 Å². The number of esters is 1. The minimum absolute atomic E-state index is 0.0911. The molecule has 2 heterocycles. The normalized spacial score (nSPS) is 11.5. The van der Waals surface area contributed by atoms with E-state index >= 15 is 0 Å². The summed E-state index contributed by atoms with van der Waals surface area (Å²) in [6.45, 7) is 3.41. The van der Waals surface area contributed by atoms with Gasteiger partial charge in [0.25, 0.3) is 5.91 Å². The highest BCUT2D eigenvalue weighted by atomic mass is 32.2. The molecule has 0 aliphatic rings. The largest absolute Gasteiger partial charge is 0.497 e. The highest BCUT2D eigenvalue weighted by Gasteiger charge is 2.32. The van der Waals surface area contributed by atoms with Crippen LogP contribution in [0.2, 0.25) is 0 Å². The van der Waals surface area contributed by atoms with Crippen LogP contribution in [0.4, 0.5) is 10.7 Å². The van der Waals surface area contributed by atoms with Crippen molar-refractivity contribution in [3.8, 4) is 11.4 Å². The number of hydrogen-bond acceptors (Lipinski definition) is 9. The molecule has 0 aliphatic carbocycles. The first-order valence-electron chi connectivity index (χ1n) is 12.1. The van der Waals surface area contributed by atoms with E-state index in [0.717, 1.165) is 23.1 Å². The number of aromatic amines is 1. The third-order valence-corrected chi connectivity index (χ3v) is 8.48. The first-order chi connectivity index (χ1) is 19.3. The van der Waals surface area contributed by atoms with Gasteiger partial charge >= 0.3 is 16.6 Å². The van der Waals surface area contributed by atoms with Crippen LogP contribution in [0, 0.1) is 6.92 Å². The minimum Gasteiger partial charge on any atom is -0.497 e. The number of amides is 2. The molecule has 0 bridgehead atoms. The van der Waals surface area contributed by atoms with Crippen LogP contribution >= 0.6 is 23.1 Å². The highest BCUT2D eigenvalue weighted by Crippen LogP contribution is 2.35. The van der Waals surface area contributed by atoms with Gasteiger partial charge in [-0.1, -0.05) is 25.1 Å². The second kappa shape index (κ2) is 12.7. The third-order valence-electron chi connectivity index (χ3n) is 5.87. The van der Waals surface area contributed by atoms with E-state index in [1.807, 2.05) is 6.07 Å². The van der Waals surface area contributed by atoms with Crippen molar-refractivity contribution in [2.24, 2.45) is 0 Å². The van der Waals surface area contributed by atoms with E-state index in [4.69, 9.17) is 14.0 Å². The zero-order valence-corrected chi connectivity index (χ0v) is 23.7. The van der Waals surface area contributed by atoms with Gasteiger partial charge in [-0.05, 0) is 64.9 Å². The van der Waals surface area contributed by atoms with Gasteiger partial charge < -0.3 is 20.1 Å². The van der Waals surface area contributed by atoms with Crippen molar-refractivity contribution in [1.82, 2.24) is 5.27 Å². The van der Waals surface area contributed by atoms with Crippen LogP contribution in [0.5, 0.6) is 5.75 Å². The Morgan fingerprint density at radius 1 is 1.07 bits per heavy atom. The number of carbonyl (C=O) groups excluding carboxylic acids is 3. The Balaban J connectivity index is 1.59. The molecule has 2 aromatic carbocycles. The zero-order valence-electron chi connectivity index (χ0n) is 22.1. The van der Waals surface area contributed by atoms with Gasteiger partial charge in [0.05, 0.1) is 29.9 Å². The Morgan fingerprint density at radius 2 is 1.77 bits per heavy atom. The number of thioether (sulfide) groups is 1. The maximum atomic E-state index is 13.4. The van der Waals surface area contributed by atoms with Gasteiger partial charge in [-0.25, -0.2) is 9.59 Å². The molecule has 0 radical (unpaired) electrons. The Labute approximate surface area is 237 Å². The smallest absolute Gasteiger partial charge is 0.442 e. The van der Waals surface area contributed by atoms with Gasteiger partial charge in [-0.15, -0.1) is 11.3 Å². The first kappa shape index (κ1) is 28.6. The molecule has 40 heavy (non-hydrogen) atoms. The second-order valence-corrected chi connectivity index (χ2v) is 10.6. The molecule has 1 atom stereocenters. The highest BCUT2D eigenvalue weighted by molar-refractivity contribution is 8.00. The van der Waals surface area contributed by atoms with Crippen LogP contribution in [0.15, 0.2) is 68.9 Å². The predicted octanol–water partition coefficient (Wildman–Crippen LogP) is 4.17. The number of hydrogen-bond donors (Lipinski definition) is 3. The van der Waals surface area contributed by atoms with E-state index in [9.17, 15) is 19.2 Å². The van der Waals surface area contributed by atoms with Crippen LogP contribution in [0.3, 0.4) is 0 Å². The molecule has 0 spiro atoms. The maximum Gasteiger partial charge on any atom is 0.442 e. The van der Waals surface area contributed by atoms with Gasteiger partial charge in [-0.2, -0.15) is 0 Å². The number of ether oxygens (including phenoxy) is 2. The van der Waals surface area contributed by atoms with Gasteiger partial charge in [0, 0.05) is 17.8 Å². The molecule has 0 saturated heterocycles. The quantitative estimate of drug-likeness (QED) is 0.143. The molecule has 4 aromatic rings. The van der Waals surface area contributed by atoms with Crippen molar-refractivity contribution in [2.45, 2.75) is 30.5 Å². The monoisotopic (exact) mass is 583 g/mol. The fourth-order valence-corrected chi connectivity index (χ4v) is 5.87. The molecule has 208 valence electrons. The average Bonchev–Trinajstić information content (AvgIpc) is 3.50. The van der Waals surface area contributed by atoms with Gasteiger partial charge in [0.1, 0.15) is 10.8 Å². The van der Waals surface area contributed by atoms with E-state index in [0.29, 0.717) is 29.1 Å². The third kappa shape index (κ3) is 6.10. The number of benzene rings is 2. The molecule has 2 amide bonds. The molecule has 0 saturated carbocycles. The second-order valence-electron chi connectivity index (χ2n) is 8.40. The molecule has 0 fully saturated rings. The van der Waals surface area contributed by atoms with Crippen molar-refractivity contribution >= 4 is 51.6 Å². The predicted molar refractivity (Wildman–Crippen MR) is 151 cm³/mol. The number of nitrogens with zero attached hydrogens (tertiary/aromatic N) is 1. The fourth-order valence-electron chi connectivity index (χ4n) is 3.79. The van der Waals surface area contributed by atoms with Gasteiger partial charge in [-0.3, -0.25) is 14.1 Å².